The zero-order valence-corrected chi connectivity index (χ0v) is 9.65. The number of aromatic carboxylic acids is 1. The molecule has 2 heterocycles. The number of carbonyl (C=O) groups is 1. The Morgan fingerprint density at radius 1 is 1.29 bits per heavy atom. The normalized spacial score (nSPS) is 18.6. The van der Waals surface area contributed by atoms with Crippen molar-refractivity contribution < 1.29 is 9.90 Å². The molecule has 0 fully saturated rings. The first-order valence-electron chi connectivity index (χ1n) is 5.15. The predicted octanol–water partition coefficient (Wildman–Crippen LogP) is 3.11. The zero-order valence-electron chi connectivity index (χ0n) is 8.83. The van der Waals surface area contributed by atoms with Gasteiger partial charge in [-0.05, 0) is 34.6 Å². The molecule has 0 bridgehead atoms. The molecule has 0 aromatic heterocycles. The van der Waals surface area contributed by atoms with Gasteiger partial charge in [0, 0.05) is 6.21 Å². The third-order valence-corrected chi connectivity index (χ3v) is 3.56. The van der Waals surface area contributed by atoms with E-state index in [1.807, 2.05) is 29.2 Å². The molecule has 0 radical (unpaired) electrons. The summed E-state index contributed by atoms with van der Waals surface area (Å²) in [7, 11) is 0. The van der Waals surface area contributed by atoms with Gasteiger partial charge >= 0.3 is 5.97 Å². The Hall–Kier alpha value is -1.81. The highest BCUT2D eigenvalue weighted by atomic mass is 32.2. The summed E-state index contributed by atoms with van der Waals surface area (Å²) in [6, 6.07) is 5.05. The molecule has 17 heavy (non-hydrogen) atoms. The van der Waals surface area contributed by atoms with Crippen LogP contribution < -0.4 is 0 Å². The molecule has 2 aliphatic rings. The van der Waals surface area contributed by atoms with Crippen LogP contribution in [-0.2, 0) is 5.41 Å². The lowest BCUT2D eigenvalue weighted by Gasteiger charge is -2.21. The molecule has 84 valence electrons. The molecule has 1 aromatic rings. The van der Waals surface area contributed by atoms with E-state index in [2.05, 4.69) is 4.99 Å². The molecule has 1 aromatic carbocycles. The van der Waals surface area contributed by atoms with E-state index in [-0.39, 0.29) is 5.41 Å². The number of aliphatic imine (C=N–C) groups is 1. The van der Waals surface area contributed by atoms with E-state index in [4.69, 9.17) is 5.11 Å². The second kappa shape index (κ2) is 3.60. The molecule has 0 atom stereocenters. The summed E-state index contributed by atoms with van der Waals surface area (Å²) in [5.41, 5.74) is 1.72. The summed E-state index contributed by atoms with van der Waals surface area (Å²) < 4.78 is 0. The maximum atomic E-state index is 11.0. The monoisotopic (exact) mass is 243 g/mol. The number of nitrogens with zero attached hydrogens (tertiary/aromatic N) is 1. The van der Waals surface area contributed by atoms with Crippen LogP contribution in [0.5, 0.6) is 0 Å². The molecule has 0 aliphatic carbocycles. The summed E-state index contributed by atoms with van der Waals surface area (Å²) in [4.78, 5) is 15.3. The van der Waals surface area contributed by atoms with E-state index >= 15 is 0 Å². The molecule has 1 spiro atoms. The van der Waals surface area contributed by atoms with E-state index in [0.717, 1.165) is 11.3 Å². The molecule has 0 amide bonds. The van der Waals surface area contributed by atoms with E-state index in [0.29, 0.717) is 5.56 Å². The quantitative estimate of drug-likeness (QED) is 0.824. The van der Waals surface area contributed by atoms with Crippen molar-refractivity contribution in [1.29, 1.82) is 0 Å². The standard InChI is InChI=1S/C13H9NO2S/c15-12(16)9-1-2-11-10(7-9)13(8-14-11)3-5-17-6-4-13/h1-8H,(H,15,16). The van der Waals surface area contributed by atoms with Crippen LogP contribution in [0.2, 0.25) is 0 Å². The number of hydrogen-bond donors (Lipinski definition) is 1. The molecule has 2 aliphatic heterocycles. The highest BCUT2D eigenvalue weighted by Crippen LogP contribution is 2.42. The van der Waals surface area contributed by atoms with Gasteiger partial charge in [0.15, 0.2) is 0 Å². The SMILES string of the molecule is O=C(O)c1ccc2c(c1)C1(C=CSC=C1)C=N2. The van der Waals surface area contributed by atoms with E-state index in [1.54, 1.807) is 30.0 Å². The second-order valence-electron chi connectivity index (χ2n) is 3.97. The lowest BCUT2D eigenvalue weighted by Crippen LogP contribution is -2.20. The molecule has 0 saturated carbocycles. The average molecular weight is 243 g/mol. The average Bonchev–Trinajstić information content (AvgIpc) is 2.69. The van der Waals surface area contributed by atoms with Crippen LogP contribution in [-0.4, -0.2) is 17.3 Å². The predicted molar refractivity (Wildman–Crippen MR) is 69.1 cm³/mol. The van der Waals surface area contributed by atoms with Crippen molar-refractivity contribution in [3.05, 3.63) is 52.3 Å². The third-order valence-electron chi connectivity index (χ3n) is 2.97. The lowest BCUT2D eigenvalue weighted by molar-refractivity contribution is 0.0697. The number of benzene rings is 1. The van der Waals surface area contributed by atoms with Crippen molar-refractivity contribution in [3.63, 3.8) is 0 Å². The zero-order chi connectivity index (χ0) is 11.9. The first kappa shape index (κ1) is 10.4. The molecule has 3 nitrogen and oxygen atoms in total. The Morgan fingerprint density at radius 3 is 2.76 bits per heavy atom. The van der Waals surface area contributed by atoms with Crippen molar-refractivity contribution in [2.24, 2.45) is 4.99 Å². The fraction of sp³-hybridized carbons (Fsp3) is 0.0769. The van der Waals surface area contributed by atoms with Gasteiger partial charge < -0.3 is 5.11 Å². The molecule has 1 N–H and O–H groups in total. The van der Waals surface area contributed by atoms with Crippen molar-refractivity contribution in [2.75, 3.05) is 0 Å². The molecule has 4 heteroatoms. The fourth-order valence-corrected chi connectivity index (χ4v) is 2.74. The highest BCUT2D eigenvalue weighted by Gasteiger charge is 2.33. The van der Waals surface area contributed by atoms with Crippen LogP contribution in [0.1, 0.15) is 15.9 Å². The van der Waals surface area contributed by atoms with Crippen LogP contribution >= 0.6 is 11.8 Å². The summed E-state index contributed by atoms with van der Waals surface area (Å²) in [5, 5.41) is 13.0. The van der Waals surface area contributed by atoms with E-state index in [9.17, 15) is 4.79 Å². The maximum absolute atomic E-state index is 11.0. The first-order valence-corrected chi connectivity index (χ1v) is 6.09. The lowest BCUT2D eigenvalue weighted by atomic mass is 9.82. The summed E-state index contributed by atoms with van der Waals surface area (Å²) in [6.07, 6.45) is 5.94. The smallest absolute Gasteiger partial charge is 0.335 e. The van der Waals surface area contributed by atoms with Gasteiger partial charge in [0.05, 0.1) is 16.7 Å². The van der Waals surface area contributed by atoms with Gasteiger partial charge in [-0.15, -0.1) is 11.8 Å². The number of hydrogen-bond acceptors (Lipinski definition) is 3. The van der Waals surface area contributed by atoms with Crippen LogP contribution in [0.3, 0.4) is 0 Å². The largest absolute Gasteiger partial charge is 0.478 e. The van der Waals surface area contributed by atoms with Gasteiger partial charge in [0.2, 0.25) is 0 Å². The number of fused-ring (bicyclic) bond motifs is 2. The summed E-state index contributed by atoms with van der Waals surface area (Å²) in [6.45, 7) is 0. The van der Waals surface area contributed by atoms with Crippen molar-refractivity contribution in [1.82, 2.24) is 0 Å². The molecule has 3 rings (SSSR count). The Labute approximate surface area is 103 Å². The van der Waals surface area contributed by atoms with E-state index in [1.165, 1.54) is 0 Å². The summed E-state index contributed by atoms with van der Waals surface area (Å²) in [5.74, 6) is -0.909. The number of rotatable bonds is 1. The first-order chi connectivity index (χ1) is 8.21. The number of thioether (sulfide) groups is 1. The van der Waals surface area contributed by atoms with E-state index < -0.39 is 5.97 Å². The Morgan fingerprint density at radius 2 is 2.06 bits per heavy atom. The number of carboxylic acid groups (broad SMARTS) is 1. The van der Waals surface area contributed by atoms with Gasteiger partial charge in [-0.25, -0.2) is 4.79 Å². The van der Waals surface area contributed by atoms with Crippen molar-refractivity contribution >= 4 is 29.6 Å². The molecule has 0 saturated heterocycles. The molecule has 0 unspecified atom stereocenters. The molecular weight excluding hydrogens is 234 g/mol. The van der Waals surface area contributed by atoms with Crippen molar-refractivity contribution in [3.8, 4) is 0 Å². The molecular formula is C13H9NO2S. The fourth-order valence-electron chi connectivity index (χ4n) is 2.04. The summed E-state index contributed by atoms with van der Waals surface area (Å²) >= 11 is 1.60. The number of allylic oxidation sites excluding steroid dienone is 2. The minimum absolute atomic E-state index is 0.300. The van der Waals surface area contributed by atoms with Gasteiger partial charge in [-0.1, -0.05) is 12.2 Å². The Kier molecular flexibility index (Phi) is 2.19. The van der Waals surface area contributed by atoms with Crippen molar-refractivity contribution in [2.45, 2.75) is 5.41 Å². The minimum atomic E-state index is -0.909. The topological polar surface area (TPSA) is 49.7 Å². The van der Waals surface area contributed by atoms with Gasteiger partial charge in [0.25, 0.3) is 0 Å². The minimum Gasteiger partial charge on any atom is -0.478 e. The highest BCUT2D eigenvalue weighted by molar-refractivity contribution is 8.04. The number of carboxylic acids is 1. The van der Waals surface area contributed by atoms with Crippen LogP contribution in [0, 0.1) is 0 Å². The van der Waals surface area contributed by atoms with Gasteiger partial charge in [0.1, 0.15) is 0 Å². The second-order valence-corrected chi connectivity index (χ2v) is 4.79. The Balaban J connectivity index is 2.17. The van der Waals surface area contributed by atoms with Gasteiger partial charge in [-0.2, -0.15) is 0 Å². The Bertz CT molecular complexity index is 575. The maximum Gasteiger partial charge on any atom is 0.335 e. The van der Waals surface area contributed by atoms with Crippen LogP contribution in [0.4, 0.5) is 5.69 Å². The van der Waals surface area contributed by atoms with Gasteiger partial charge in [-0.3, -0.25) is 4.99 Å². The van der Waals surface area contributed by atoms with Crippen LogP contribution in [0.15, 0.2) is 46.2 Å². The van der Waals surface area contributed by atoms with Crippen LogP contribution in [0.25, 0.3) is 0 Å². The third kappa shape index (κ3) is 1.52.